The minimum absolute atomic E-state index is 0.356. The Bertz CT molecular complexity index is 425. The molecule has 0 atom stereocenters. The first-order chi connectivity index (χ1) is 6.97. The number of hydrogen-bond donors (Lipinski definition) is 1. The summed E-state index contributed by atoms with van der Waals surface area (Å²) in [5.41, 5.74) is 0.944. The van der Waals surface area contributed by atoms with Crippen molar-refractivity contribution in [2.24, 2.45) is 0 Å². The van der Waals surface area contributed by atoms with Crippen LogP contribution in [0.3, 0.4) is 0 Å². The van der Waals surface area contributed by atoms with Crippen molar-refractivity contribution in [1.82, 2.24) is 5.32 Å². The third kappa shape index (κ3) is 5.17. The quantitative estimate of drug-likeness (QED) is 0.807. The van der Waals surface area contributed by atoms with E-state index < -0.39 is 21.5 Å². The zero-order valence-electron chi connectivity index (χ0n) is 8.43. The van der Waals surface area contributed by atoms with Crippen LogP contribution in [-0.4, -0.2) is 26.3 Å². The molecule has 1 rings (SSSR count). The summed E-state index contributed by atoms with van der Waals surface area (Å²) in [5, 5.41) is 2.54. The molecule has 0 unspecified atom stereocenters. The third-order valence-electron chi connectivity index (χ3n) is 1.73. The molecule has 0 aliphatic rings. The Morgan fingerprint density at radius 3 is 2.40 bits per heavy atom. The number of hydrogen-bond acceptors (Lipinski definition) is 3. The molecular formula is C10H13NO3S. The molecule has 1 amide bonds. The summed E-state index contributed by atoms with van der Waals surface area (Å²) in [6, 6.07) is 9.32. The molecule has 1 N–H and O–H groups in total. The smallest absolute Gasteiger partial charge is 0.235 e. The molecule has 5 heteroatoms. The van der Waals surface area contributed by atoms with Gasteiger partial charge in [-0.15, -0.1) is 0 Å². The lowest BCUT2D eigenvalue weighted by Crippen LogP contribution is -2.29. The fourth-order valence-electron chi connectivity index (χ4n) is 1.09. The van der Waals surface area contributed by atoms with Gasteiger partial charge in [0.2, 0.25) is 5.91 Å². The lowest BCUT2D eigenvalue weighted by atomic mass is 10.2. The fraction of sp³-hybridized carbons (Fsp3) is 0.300. The summed E-state index contributed by atoms with van der Waals surface area (Å²) in [6.45, 7) is 0.356. The van der Waals surface area contributed by atoms with Gasteiger partial charge in [-0.05, 0) is 5.56 Å². The van der Waals surface area contributed by atoms with Gasteiger partial charge in [0, 0.05) is 12.8 Å². The standard InChI is InChI=1S/C10H13NO3S/c1-15(13,14)8-10(12)11-7-9-5-3-2-4-6-9/h2-6H,7-8H2,1H3,(H,11,12). The van der Waals surface area contributed by atoms with E-state index in [0.717, 1.165) is 11.8 Å². The predicted molar refractivity (Wildman–Crippen MR) is 58.0 cm³/mol. The minimum atomic E-state index is -3.24. The number of rotatable bonds is 4. The highest BCUT2D eigenvalue weighted by atomic mass is 32.2. The van der Waals surface area contributed by atoms with Crippen LogP contribution in [0, 0.1) is 0 Å². The number of carbonyl (C=O) groups excluding carboxylic acids is 1. The van der Waals surface area contributed by atoms with E-state index in [1.54, 1.807) is 0 Å². The van der Waals surface area contributed by atoms with Crippen molar-refractivity contribution in [1.29, 1.82) is 0 Å². The van der Waals surface area contributed by atoms with Gasteiger partial charge in [-0.25, -0.2) is 8.42 Å². The summed E-state index contributed by atoms with van der Waals surface area (Å²) >= 11 is 0. The van der Waals surface area contributed by atoms with E-state index in [-0.39, 0.29) is 0 Å². The highest BCUT2D eigenvalue weighted by Gasteiger charge is 2.09. The van der Waals surface area contributed by atoms with Gasteiger partial charge < -0.3 is 5.32 Å². The Morgan fingerprint density at radius 1 is 1.27 bits per heavy atom. The summed E-state index contributed by atoms with van der Waals surface area (Å²) in [4.78, 5) is 11.1. The maximum atomic E-state index is 11.1. The van der Waals surface area contributed by atoms with E-state index in [9.17, 15) is 13.2 Å². The van der Waals surface area contributed by atoms with Crippen molar-refractivity contribution in [2.45, 2.75) is 6.54 Å². The second-order valence-corrected chi connectivity index (χ2v) is 5.47. The molecule has 0 spiro atoms. The number of benzene rings is 1. The van der Waals surface area contributed by atoms with E-state index >= 15 is 0 Å². The van der Waals surface area contributed by atoms with Crippen LogP contribution in [0.5, 0.6) is 0 Å². The molecule has 4 nitrogen and oxygen atoms in total. The molecule has 0 bridgehead atoms. The summed E-state index contributed by atoms with van der Waals surface area (Å²) in [7, 11) is -3.24. The van der Waals surface area contributed by atoms with Crippen LogP contribution < -0.4 is 5.32 Å². The highest BCUT2D eigenvalue weighted by molar-refractivity contribution is 7.91. The van der Waals surface area contributed by atoms with Gasteiger partial charge in [-0.2, -0.15) is 0 Å². The molecule has 0 saturated carbocycles. The Hall–Kier alpha value is -1.36. The topological polar surface area (TPSA) is 63.2 Å². The van der Waals surface area contributed by atoms with Crippen LogP contribution in [0.25, 0.3) is 0 Å². The van der Waals surface area contributed by atoms with E-state index in [2.05, 4.69) is 5.32 Å². The van der Waals surface area contributed by atoms with Gasteiger partial charge >= 0.3 is 0 Å². The molecule has 0 aliphatic carbocycles. The second-order valence-electron chi connectivity index (χ2n) is 3.33. The van der Waals surface area contributed by atoms with E-state index in [0.29, 0.717) is 6.54 Å². The normalized spacial score (nSPS) is 11.0. The molecule has 0 fully saturated rings. The molecule has 1 aromatic carbocycles. The molecule has 0 saturated heterocycles. The van der Waals surface area contributed by atoms with Crippen molar-refractivity contribution in [2.75, 3.05) is 12.0 Å². The van der Waals surface area contributed by atoms with Crippen molar-refractivity contribution in [3.63, 3.8) is 0 Å². The Kier molecular flexibility index (Phi) is 3.85. The van der Waals surface area contributed by atoms with Crippen LogP contribution >= 0.6 is 0 Å². The van der Waals surface area contributed by atoms with Gasteiger partial charge in [0.15, 0.2) is 9.84 Å². The fourth-order valence-corrected chi connectivity index (χ4v) is 1.66. The number of carbonyl (C=O) groups is 1. The summed E-state index contributed by atoms with van der Waals surface area (Å²) in [6.07, 6.45) is 1.04. The van der Waals surface area contributed by atoms with Crippen LogP contribution in [0.4, 0.5) is 0 Å². The van der Waals surface area contributed by atoms with E-state index in [1.165, 1.54) is 0 Å². The zero-order valence-corrected chi connectivity index (χ0v) is 9.25. The molecule has 0 aliphatic heterocycles. The van der Waals surface area contributed by atoms with Gasteiger partial charge in [0.1, 0.15) is 5.75 Å². The first kappa shape index (κ1) is 11.7. The lowest BCUT2D eigenvalue weighted by molar-refractivity contribution is -0.118. The first-order valence-electron chi connectivity index (χ1n) is 4.46. The van der Waals surface area contributed by atoms with Crippen LogP contribution in [0.1, 0.15) is 5.56 Å². The second kappa shape index (κ2) is 4.93. The maximum absolute atomic E-state index is 11.1. The largest absolute Gasteiger partial charge is 0.351 e. The Balaban J connectivity index is 2.42. The Labute approximate surface area is 89.2 Å². The predicted octanol–water partition coefficient (Wildman–Crippen LogP) is 0.347. The van der Waals surface area contributed by atoms with Crippen LogP contribution in [-0.2, 0) is 21.2 Å². The number of sulfone groups is 1. The molecule has 1 aromatic rings. The van der Waals surface area contributed by atoms with E-state index in [1.807, 2.05) is 30.3 Å². The summed E-state index contributed by atoms with van der Waals surface area (Å²) in [5.74, 6) is -0.929. The monoisotopic (exact) mass is 227 g/mol. The van der Waals surface area contributed by atoms with E-state index in [4.69, 9.17) is 0 Å². The minimum Gasteiger partial charge on any atom is -0.351 e. The molecule has 0 radical (unpaired) electrons. The van der Waals surface area contributed by atoms with Crippen LogP contribution in [0.15, 0.2) is 30.3 Å². The van der Waals surface area contributed by atoms with Gasteiger partial charge in [0.25, 0.3) is 0 Å². The average Bonchev–Trinajstić information content (AvgIpc) is 2.14. The Morgan fingerprint density at radius 2 is 1.87 bits per heavy atom. The average molecular weight is 227 g/mol. The molecule has 82 valence electrons. The van der Waals surface area contributed by atoms with Crippen molar-refractivity contribution < 1.29 is 13.2 Å². The highest BCUT2D eigenvalue weighted by Crippen LogP contribution is 1.97. The lowest BCUT2D eigenvalue weighted by Gasteiger charge is -2.03. The van der Waals surface area contributed by atoms with Gasteiger partial charge in [0.05, 0.1) is 0 Å². The van der Waals surface area contributed by atoms with Crippen LogP contribution in [0.2, 0.25) is 0 Å². The molecular weight excluding hydrogens is 214 g/mol. The van der Waals surface area contributed by atoms with Crippen molar-refractivity contribution >= 4 is 15.7 Å². The molecule has 0 heterocycles. The molecule has 15 heavy (non-hydrogen) atoms. The third-order valence-corrected chi connectivity index (χ3v) is 2.51. The zero-order chi connectivity index (χ0) is 11.3. The first-order valence-corrected chi connectivity index (χ1v) is 6.52. The van der Waals surface area contributed by atoms with Gasteiger partial charge in [-0.3, -0.25) is 4.79 Å². The van der Waals surface area contributed by atoms with Crippen molar-refractivity contribution in [3.8, 4) is 0 Å². The molecule has 0 aromatic heterocycles. The number of amides is 1. The number of nitrogens with one attached hydrogen (secondary N) is 1. The summed E-state index contributed by atoms with van der Waals surface area (Å²) < 4.78 is 21.6. The van der Waals surface area contributed by atoms with Gasteiger partial charge in [-0.1, -0.05) is 30.3 Å². The van der Waals surface area contributed by atoms with Crippen molar-refractivity contribution in [3.05, 3.63) is 35.9 Å². The SMILES string of the molecule is CS(=O)(=O)CC(=O)NCc1ccccc1. The maximum Gasteiger partial charge on any atom is 0.235 e.